The van der Waals surface area contributed by atoms with Crippen LogP contribution in [0, 0.1) is 0 Å². The van der Waals surface area contributed by atoms with Crippen LogP contribution in [0.1, 0.15) is 0 Å². The number of nitrogens with one attached hydrogen (secondary N) is 1. The molecule has 92 valence electrons. The molecule has 0 aliphatic heterocycles. The third-order valence-electron chi connectivity index (χ3n) is 2.83. The average molecular weight is 248 g/mol. The van der Waals surface area contributed by atoms with Crippen LogP contribution in [-0.2, 0) is 0 Å². The highest BCUT2D eigenvalue weighted by Crippen LogP contribution is 2.23. The third kappa shape index (κ3) is 2.28. The van der Waals surface area contributed by atoms with Crippen molar-refractivity contribution in [1.29, 1.82) is 0 Å². The molecule has 0 unspecified atom stereocenters. The Morgan fingerprint density at radius 3 is 2.74 bits per heavy atom. The first-order chi connectivity index (χ1) is 9.36. The molecule has 0 aliphatic carbocycles. The van der Waals surface area contributed by atoms with E-state index in [1.807, 2.05) is 24.4 Å². The van der Waals surface area contributed by atoms with Crippen molar-refractivity contribution in [1.82, 2.24) is 15.0 Å². The van der Waals surface area contributed by atoms with Crippen LogP contribution in [0.25, 0.3) is 22.0 Å². The zero-order valence-corrected chi connectivity index (χ0v) is 10.2. The number of anilines is 1. The lowest BCUT2D eigenvalue weighted by Crippen LogP contribution is -1.90. The monoisotopic (exact) mass is 248 g/mol. The SMILES string of the molecule is C=CNc1cc2cc(-c3cnccn3)ccc2cn1. The number of fused-ring (bicyclic) bond motifs is 1. The van der Waals surface area contributed by atoms with Crippen LogP contribution in [0.15, 0.2) is 61.8 Å². The van der Waals surface area contributed by atoms with E-state index < -0.39 is 0 Å². The van der Waals surface area contributed by atoms with E-state index in [2.05, 4.69) is 32.9 Å². The van der Waals surface area contributed by atoms with E-state index in [1.54, 1.807) is 24.8 Å². The summed E-state index contributed by atoms with van der Waals surface area (Å²) in [6.45, 7) is 3.63. The maximum Gasteiger partial charge on any atom is 0.130 e. The summed E-state index contributed by atoms with van der Waals surface area (Å²) >= 11 is 0. The van der Waals surface area contributed by atoms with Gasteiger partial charge < -0.3 is 5.32 Å². The zero-order valence-electron chi connectivity index (χ0n) is 10.2. The number of pyridine rings is 1. The van der Waals surface area contributed by atoms with Gasteiger partial charge in [0.25, 0.3) is 0 Å². The van der Waals surface area contributed by atoms with E-state index >= 15 is 0 Å². The molecule has 0 amide bonds. The van der Waals surface area contributed by atoms with Gasteiger partial charge in [-0.05, 0) is 23.7 Å². The number of aromatic nitrogens is 3. The molecule has 19 heavy (non-hydrogen) atoms. The zero-order chi connectivity index (χ0) is 13.1. The second-order valence-electron chi connectivity index (χ2n) is 4.07. The van der Waals surface area contributed by atoms with Gasteiger partial charge in [-0.25, -0.2) is 4.98 Å². The largest absolute Gasteiger partial charge is 0.347 e. The van der Waals surface area contributed by atoms with Crippen molar-refractivity contribution in [3.8, 4) is 11.3 Å². The van der Waals surface area contributed by atoms with Crippen LogP contribution in [-0.4, -0.2) is 15.0 Å². The summed E-state index contributed by atoms with van der Waals surface area (Å²) in [5.41, 5.74) is 1.90. The molecular formula is C15H12N4. The molecule has 4 nitrogen and oxygen atoms in total. The van der Waals surface area contributed by atoms with Gasteiger partial charge in [-0.1, -0.05) is 18.7 Å². The molecule has 0 atom stereocenters. The first-order valence-electron chi connectivity index (χ1n) is 5.90. The number of hydrogen-bond acceptors (Lipinski definition) is 4. The topological polar surface area (TPSA) is 50.7 Å². The summed E-state index contributed by atoms with van der Waals surface area (Å²) in [6.07, 6.45) is 8.56. The minimum Gasteiger partial charge on any atom is -0.347 e. The van der Waals surface area contributed by atoms with Crippen molar-refractivity contribution >= 4 is 16.6 Å². The molecule has 0 fully saturated rings. The van der Waals surface area contributed by atoms with Crippen LogP contribution in [0.3, 0.4) is 0 Å². The number of hydrogen-bond donors (Lipinski definition) is 1. The van der Waals surface area contributed by atoms with Gasteiger partial charge in [0.1, 0.15) is 5.82 Å². The molecular weight excluding hydrogens is 236 g/mol. The molecule has 2 heterocycles. The van der Waals surface area contributed by atoms with Crippen molar-refractivity contribution < 1.29 is 0 Å². The van der Waals surface area contributed by atoms with E-state index in [0.29, 0.717) is 0 Å². The highest BCUT2D eigenvalue weighted by Gasteiger charge is 2.02. The molecule has 0 bridgehead atoms. The fourth-order valence-corrected chi connectivity index (χ4v) is 1.93. The summed E-state index contributed by atoms with van der Waals surface area (Å²) in [6, 6.07) is 8.12. The molecule has 3 rings (SSSR count). The van der Waals surface area contributed by atoms with E-state index in [-0.39, 0.29) is 0 Å². The fourth-order valence-electron chi connectivity index (χ4n) is 1.93. The van der Waals surface area contributed by atoms with Gasteiger partial charge in [0, 0.05) is 29.5 Å². The predicted molar refractivity (Wildman–Crippen MR) is 76.6 cm³/mol. The standard InChI is InChI=1S/C15H12N4/c1-2-17-15-8-13-7-11(3-4-12(13)9-19-15)14-10-16-5-6-18-14/h2-10H,1H2,(H,17,19). The summed E-state index contributed by atoms with van der Waals surface area (Å²) in [5, 5.41) is 5.17. The molecule has 2 aromatic heterocycles. The summed E-state index contributed by atoms with van der Waals surface area (Å²) in [4.78, 5) is 12.7. The normalized spacial score (nSPS) is 10.3. The number of rotatable bonds is 3. The van der Waals surface area contributed by atoms with E-state index in [4.69, 9.17) is 0 Å². The third-order valence-corrected chi connectivity index (χ3v) is 2.83. The van der Waals surface area contributed by atoms with Crippen molar-refractivity contribution in [3.05, 3.63) is 61.8 Å². The average Bonchev–Trinajstić information content (AvgIpc) is 2.48. The molecule has 0 saturated heterocycles. The molecule has 4 heteroatoms. The Labute approximate surface area is 110 Å². The van der Waals surface area contributed by atoms with Crippen LogP contribution in [0.2, 0.25) is 0 Å². The lowest BCUT2D eigenvalue weighted by atomic mass is 10.1. The second kappa shape index (κ2) is 4.86. The second-order valence-corrected chi connectivity index (χ2v) is 4.07. The predicted octanol–water partition coefficient (Wildman–Crippen LogP) is 3.25. The maximum atomic E-state index is 4.30. The fraction of sp³-hybridized carbons (Fsp3) is 0. The van der Waals surface area contributed by atoms with Gasteiger partial charge in [0.15, 0.2) is 0 Å². The number of nitrogens with zero attached hydrogens (tertiary/aromatic N) is 3. The lowest BCUT2D eigenvalue weighted by Gasteiger charge is -2.05. The minimum atomic E-state index is 0.777. The maximum absolute atomic E-state index is 4.30. The molecule has 0 aliphatic rings. The van der Waals surface area contributed by atoms with Crippen molar-refractivity contribution in [3.63, 3.8) is 0 Å². The van der Waals surface area contributed by atoms with Gasteiger partial charge in [-0.2, -0.15) is 0 Å². The van der Waals surface area contributed by atoms with Gasteiger partial charge in [-0.15, -0.1) is 0 Å². The van der Waals surface area contributed by atoms with Crippen LogP contribution in [0.4, 0.5) is 5.82 Å². The highest BCUT2D eigenvalue weighted by molar-refractivity contribution is 5.87. The van der Waals surface area contributed by atoms with Gasteiger partial charge >= 0.3 is 0 Å². The van der Waals surface area contributed by atoms with Crippen LogP contribution < -0.4 is 5.32 Å². The Hall–Kier alpha value is -2.75. The Morgan fingerprint density at radius 1 is 1.00 bits per heavy atom. The Balaban J connectivity index is 2.11. The van der Waals surface area contributed by atoms with Crippen molar-refractivity contribution in [2.75, 3.05) is 5.32 Å². The quantitative estimate of drug-likeness (QED) is 0.773. The first kappa shape index (κ1) is 11.3. The Bertz CT molecular complexity index is 723. The molecule has 0 saturated carbocycles. The van der Waals surface area contributed by atoms with Crippen molar-refractivity contribution in [2.24, 2.45) is 0 Å². The summed E-state index contributed by atoms with van der Waals surface area (Å²) in [5.74, 6) is 0.777. The van der Waals surface area contributed by atoms with Gasteiger partial charge in [-0.3, -0.25) is 9.97 Å². The van der Waals surface area contributed by atoms with Gasteiger partial charge in [0.05, 0.1) is 11.9 Å². The van der Waals surface area contributed by atoms with Crippen molar-refractivity contribution in [2.45, 2.75) is 0 Å². The Morgan fingerprint density at radius 2 is 1.95 bits per heavy atom. The van der Waals surface area contributed by atoms with E-state index in [1.165, 1.54) is 0 Å². The van der Waals surface area contributed by atoms with E-state index in [9.17, 15) is 0 Å². The molecule has 0 radical (unpaired) electrons. The summed E-state index contributed by atoms with van der Waals surface area (Å²) < 4.78 is 0. The lowest BCUT2D eigenvalue weighted by molar-refractivity contribution is 1.21. The smallest absolute Gasteiger partial charge is 0.130 e. The van der Waals surface area contributed by atoms with Crippen LogP contribution >= 0.6 is 0 Å². The van der Waals surface area contributed by atoms with Crippen LogP contribution in [0.5, 0.6) is 0 Å². The van der Waals surface area contributed by atoms with Gasteiger partial charge in [0.2, 0.25) is 0 Å². The number of benzene rings is 1. The molecule has 3 aromatic rings. The highest BCUT2D eigenvalue weighted by atomic mass is 15.0. The minimum absolute atomic E-state index is 0.777. The summed E-state index contributed by atoms with van der Waals surface area (Å²) in [7, 11) is 0. The first-order valence-corrected chi connectivity index (χ1v) is 5.90. The van der Waals surface area contributed by atoms with E-state index in [0.717, 1.165) is 27.8 Å². The molecule has 1 N–H and O–H groups in total. The molecule has 1 aromatic carbocycles. The Kier molecular flexibility index (Phi) is 2.90. The molecule has 0 spiro atoms.